The maximum absolute atomic E-state index is 12.0. The van der Waals surface area contributed by atoms with Crippen molar-refractivity contribution in [3.8, 4) is 11.8 Å². The Kier molecular flexibility index (Phi) is 4.93. The van der Waals surface area contributed by atoms with Gasteiger partial charge >= 0.3 is 0 Å². The molecule has 0 spiro atoms. The molecule has 2 aromatic rings. The van der Waals surface area contributed by atoms with Crippen molar-refractivity contribution in [2.45, 2.75) is 6.54 Å². The summed E-state index contributed by atoms with van der Waals surface area (Å²) >= 11 is 6.04. The highest BCUT2D eigenvalue weighted by molar-refractivity contribution is 6.32. The van der Waals surface area contributed by atoms with Crippen LogP contribution in [0.25, 0.3) is 0 Å². The third-order valence-corrected chi connectivity index (χ3v) is 2.90. The van der Waals surface area contributed by atoms with Crippen LogP contribution < -0.4 is 5.32 Å². The van der Waals surface area contributed by atoms with Crippen molar-refractivity contribution < 1.29 is 9.90 Å². The Labute approximate surface area is 126 Å². The molecule has 0 aliphatic carbocycles. The van der Waals surface area contributed by atoms with Crippen LogP contribution in [0.15, 0.2) is 24.5 Å². The molecular formula is C14H13ClN4O2. The molecule has 7 heteroatoms. The molecule has 2 rings (SSSR count). The fraction of sp³-hybridized carbons (Fsp3) is 0.214. The predicted molar refractivity (Wildman–Crippen MR) is 77.6 cm³/mol. The van der Waals surface area contributed by atoms with Gasteiger partial charge in [0.2, 0.25) is 0 Å². The molecule has 21 heavy (non-hydrogen) atoms. The van der Waals surface area contributed by atoms with Crippen LogP contribution in [0, 0.1) is 11.8 Å². The normalized spacial score (nSPS) is 9.86. The third-order valence-electron chi connectivity index (χ3n) is 2.59. The summed E-state index contributed by atoms with van der Waals surface area (Å²) in [6.07, 6.45) is 1.56. The second-order valence-corrected chi connectivity index (χ2v) is 4.58. The van der Waals surface area contributed by atoms with Crippen LogP contribution >= 0.6 is 11.6 Å². The maximum atomic E-state index is 12.0. The van der Waals surface area contributed by atoms with E-state index in [9.17, 15) is 4.79 Å². The largest absolute Gasteiger partial charge is 0.384 e. The van der Waals surface area contributed by atoms with Gasteiger partial charge in [0.1, 0.15) is 12.9 Å². The minimum Gasteiger partial charge on any atom is -0.384 e. The Morgan fingerprint density at radius 1 is 1.52 bits per heavy atom. The molecule has 1 aromatic carbocycles. The van der Waals surface area contributed by atoms with Crippen molar-refractivity contribution in [3.05, 3.63) is 46.5 Å². The molecular weight excluding hydrogens is 292 g/mol. The first-order valence-electron chi connectivity index (χ1n) is 6.12. The van der Waals surface area contributed by atoms with E-state index in [0.717, 1.165) is 0 Å². The number of amides is 1. The van der Waals surface area contributed by atoms with E-state index in [-0.39, 0.29) is 19.1 Å². The molecule has 0 bridgehead atoms. The van der Waals surface area contributed by atoms with E-state index in [4.69, 9.17) is 16.7 Å². The Morgan fingerprint density at radius 2 is 2.33 bits per heavy atom. The molecule has 108 valence electrons. The maximum Gasteiger partial charge on any atom is 0.251 e. The number of aliphatic hydroxyl groups excluding tert-OH is 1. The van der Waals surface area contributed by atoms with Crippen LogP contribution in [-0.2, 0) is 13.6 Å². The highest BCUT2D eigenvalue weighted by Crippen LogP contribution is 2.17. The molecule has 6 nitrogen and oxygen atoms in total. The van der Waals surface area contributed by atoms with Crippen LogP contribution in [0.4, 0.5) is 0 Å². The summed E-state index contributed by atoms with van der Waals surface area (Å²) in [4.78, 5) is 16.0. The molecule has 0 saturated heterocycles. The lowest BCUT2D eigenvalue weighted by molar-refractivity contribution is 0.0950. The molecule has 0 fully saturated rings. The molecule has 0 radical (unpaired) electrons. The smallest absolute Gasteiger partial charge is 0.251 e. The monoisotopic (exact) mass is 304 g/mol. The number of aryl methyl sites for hydroxylation is 1. The number of carbonyl (C=O) groups is 1. The summed E-state index contributed by atoms with van der Waals surface area (Å²) in [5, 5.41) is 15.8. The first-order valence-corrected chi connectivity index (χ1v) is 6.50. The van der Waals surface area contributed by atoms with Gasteiger partial charge in [-0.25, -0.2) is 4.98 Å². The number of halogens is 1. The predicted octanol–water partition coefficient (Wildman–Crippen LogP) is 0.742. The number of benzene rings is 1. The fourth-order valence-corrected chi connectivity index (χ4v) is 1.85. The van der Waals surface area contributed by atoms with E-state index in [2.05, 4.69) is 27.2 Å². The minimum atomic E-state index is -0.272. The number of aliphatic hydroxyl groups is 1. The number of carbonyl (C=O) groups excluding carboxylic acids is 1. The quantitative estimate of drug-likeness (QED) is 0.820. The van der Waals surface area contributed by atoms with Crippen molar-refractivity contribution in [2.75, 3.05) is 6.61 Å². The van der Waals surface area contributed by atoms with E-state index >= 15 is 0 Å². The van der Waals surface area contributed by atoms with Crippen molar-refractivity contribution in [3.63, 3.8) is 0 Å². The standard InChI is InChI=1S/C14H13ClN4O2/c1-19-9-17-13(18-19)8-16-14(21)11-5-4-10(3-2-6-20)12(15)7-11/h4-5,7,9,20H,6,8H2,1H3,(H,16,21). The topological polar surface area (TPSA) is 80.0 Å². The van der Waals surface area contributed by atoms with E-state index in [0.29, 0.717) is 22.0 Å². The van der Waals surface area contributed by atoms with Crippen molar-refractivity contribution in [1.29, 1.82) is 0 Å². The van der Waals surface area contributed by atoms with E-state index < -0.39 is 0 Å². The molecule has 0 unspecified atom stereocenters. The van der Waals surface area contributed by atoms with Gasteiger partial charge in [-0.15, -0.1) is 0 Å². The Balaban J connectivity index is 2.04. The molecule has 0 aliphatic heterocycles. The van der Waals surface area contributed by atoms with E-state index in [1.807, 2.05) is 0 Å². The average Bonchev–Trinajstić information content (AvgIpc) is 2.89. The number of nitrogens with one attached hydrogen (secondary N) is 1. The van der Waals surface area contributed by atoms with Gasteiger partial charge < -0.3 is 10.4 Å². The molecule has 0 saturated carbocycles. The van der Waals surface area contributed by atoms with Gasteiger partial charge in [0.05, 0.1) is 11.6 Å². The summed E-state index contributed by atoms with van der Waals surface area (Å²) in [5.74, 6) is 5.47. The van der Waals surface area contributed by atoms with Gasteiger partial charge in [-0.2, -0.15) is 5.10 Å². The molecule has 0 atom stereocenters. The lowest BCUT2D eigenvalue weighted by Crippen LogP contribution is -2.23. The second-order valence-electron chi connectivity index (χ2n) is 4.17. The SMILES string of the molecule is Cn1cnc(CNC(=O)c2ccc(C#CCO)c(Cl)c2)n1. The van der Waals surface area contributed by atoms with Gasteiger partial charge in [-0.1, -0.05) is 23.4 Å². The highest BCUT2D eigenvalue weighted by atomic mass is 35.5. The molecule has 2 N–H and O–H groups in total. The van der Waals surface area contributed by atoms with Crippen LogP contribution in [0.1, 0.15) is 21.7 Å². The Bertz CT molecular complexity index is 715. The lowest BCUT2D eigenvalue weighted by atomic mass is 10.1. The summed E-state index contributed by atoms with van der Waals surface area (Å²) in [6.45, 7) is -0.000988. The Hall–Kier alpha value is -2.36. The first-order chi connectivity index (χ1) is 10.1. The molecule has 1 heterocycles. The number of nitrogens with zero attached hydrogens (tertiary/aromatic N) is 3. The van der Waals surface area contributed by atoms with Gasteiger partial charge in [-0.05, 0) is 18.2 Å². The summed E-state index contributed by atoms with van der Waals surface area (Å²) in [7, 11) is 1.75. The van der Waals surface area contributed by atoms with E-state index in [1.165, 1.54) is 6.07 Å². The number of rotatable bonds is 3. The summed E-state index contributed by atoms with van der Waals surface area (Å²) in [5.41, 5.74) is 0.985. The molecule has 1 aromatic heterocycles. The highest BCUT2D eigenvalue weighted by Gasteiger charge is 2.09. The zero-order valence-electron chi connectivity index (χ0n) is 11.3. The number of aromatic nitrogens is 3. The van der Waals surface area contributed by atoms with Gasteiger partial charge in [0, 0.05) is 18.2 Å². The third kappa shape index (κ3) is 4.05. The van der Waals surface area contributed by atoms with Crippen LogP contribution in [-0.4, -0.2) is 32.4 Å². The van der Waals surface area contributed by atoms with Crippen LogP contribution in [0.2, 0.25) is 5.02 Å². The number of hydrogen-bond donors (Lipinski definition) is 2. The van der Waals surface area contributed by atoms with Crippen LogP contribution in [0.5, 0.6) is 0 Å². The fourth-order valence-electron chi connectivity index (χ4n) is 1.62. The zero-order chi connectivity index (χ0) is 15.2. The van der Waals surface area contributed by atoms with Crippen molar-refractivity contribution >= 4 is 17.5 Å². The first kappa shape index (κ1) is 15.0. The van der Waals surface area contributed by atoms with Gasteiger partial charge in [0.15, 0.2) is 5.82 Å². The summed E-state index contributed by atoms with van der Waals surface area (Å²) in [6, 6.07) is 4.79. The average molecular weight is 305 g/mol. The van der Waals surface area contributed by atoms with Crippen molar-refractivity contribution in [1.82, 2.24) is 20.1 Å². The lowest BCUT2D eigenvalue weighted by Gasteiger charge is -2.04. The molecule has 1 amide bonds. The number of hydrogen-bond acceptors (Lipinski definition) is 4. The van der Waals surface area contributed by atoms with Crippen molar-refractivity contribution in [2.24, 2.45) is 7.05 Å². The van der Waals surface area contributed by atoms with Gasteiger partial charge in [-0.3, -0.25) is 9.48 Å². The Morgan fingerprint density at radius 3 is 2.95 bits per heavy atom. The molecule has 0 aliphatic rings. The van der Waals surface area contributed by atoms with E-state index in [1.54, 1.807) is 30.2 Å². The minimum absolute atomic E-state index is 0.239. The second kappa shape index (κ2) is 6.88. The van der Waals surface area contributed by atoms with Gasteiger partial charge in [0.25, 0.3) is 5.91 Å². The van der Waals surface area contributed by atoms with Crippen LogP contribution in [0.3, 0.4) is 0 Å². The summed E-state index contributed by atoms with van der Waals surface area (Å²) < 4.78 is 1.56. The zero-order valence-corrected chi connectivity index (χ0v) is 12.1.